The molecule has 0 fully saturated rings. The van der Waals surface area contributed by atoms with Crippen molar-refractivity contribution in [3.05, 3.63) is 125 Å². The summed E-state index contributed by atoms with van der Waals surface area (Å²) in [7, 11) is 2.52. The molecule has 4 aromatic carbocycles. The molecule has 8 nitrogen and oxygen atoms in total. The molecule has 2 amide bonds. The number of amides is 2. The van der Waals surface area contributed by atoms with Gasteiger partial charge in [-0.05, 0) is 53.6 Å². The van der Waals surface area contributed by atoms with Crippen molar-refractivity contribution >= 4 is 23.7 Å². The zero-order valence-electron chi connectivity index (χ0n) is 21.6. The fourth-order valence-electron chi connectivity index (χ4n) is 3.89. The van der Waals surface area contributed by atoms with E-state index in [0.29, 0.717) is 5.75 Å². The summed E-state index contributed by atoms with van der Waals surface area (Å²) < 4.78 is 15.6. The minimum Gasteiger partial charge on any atom is -0.465 e. The van der Waals surface area contributed by atoms with Crippen LogP contribution in [0.2, 0.25) is 0 Å². The van der Waals surface area contributed by atoms with Crippen LogP contribution >= 0.6 is 0 Å². The molecule has 4 rings (SSSR count). The van der Waals surface area contributed by atoms with Crippen LogP contribution in [0.4, 0.5) is 10.5 Å². The molecule has 39 heavy (non-hydrogen) atoms. The van der Waals surface area contributed by atoms with E-state index in [1.807, 2.05) is 84.9 Å². The van der Waals surface area contributed by atoms with Gasteiger partial charge in [-0.25, -0.2) is 14.4 Å². The number of rotatable bonds is 9. The second kappa shape index (κ2) is 12.9. The smallest absolute Gasteiger partial charge is 0.339 e. The van der Waals surface area contributed by atoms with Crippen LogP contribution in [0.25, 0.3) is 0 Å². The Morgan fingerprint density at radius 3 is 1.95 bits per heavy atom. The lowest BCUT2D eigenvalue weighted by molar-refractivity contribution is 0.0587. The summed E-state index contributed by atoms with van der Waals surface area (Å²) in [5.41, 5.74) is 2.23. The van der Waals surface area contributed by atoms with Crippen molar-refractivity contribution < 1.29 is 28.6 Å². The van der Waals surface area contributed by atoms with Gasteiger partial charge < -0.3 is 19.5 Å². The highest BCUT2D eigenvalue weighted by atomic mass is 16.5. The zero-order valence-corrected chi connectivity index (χ0v) is 21.6. The first-order chi connectivity index (χ1) is 19.0. The lowest BCUT2D eigenvalue weighted by atomic mass is 10.1. The number of nitrogens with one attached hydrogen (secondary N) is 1. The topological polar surface area (TPSA) is 94.2 Å². The molecule has 0 unspecified atom stereocenters. The van der Waals surface area contributed by atoms with E-state index < -0.39 is 18.0 Å². The highest BCUT2D eigenvalue weighted by molar-refractivity contribution is 6.04. The number of esters is 2. The van der Waals surface area contributed by atoms with E-state index in [0.717, 1.165) is 16.9 Å². The minimum absolute atomic E-state index is 0.138. The van der Waals surface area contributed by atoms with Gasteiger partial charge >= 0.3 is 18.0 Å². The summed E-state index contributed by atoms with van der Waals surface area (Å²) in [5, 5.41) is 2.91. The average Bonchev–Trinajstić information content (AvgIpc) is 2.99. The van der Waals surface area contributed by atoms with Gasteiger partial charge in [0.1, 0.15) is 11.5 Å². The number of anilines is 1. The maximum Gasteiger partial charge on any atom is 0.339 e. The van der Waals surface area contributed by atoms with E-state index in [4.69, 9.17) is 14.2 Å². The highest BCUT2D eigenvalue weighted by Gasteiger charge is 2.24. The highest BCUT2D eigenvalue weighted by Crippen LogP contribution is 2.27. The predicted molar refractivity (Wildman–Crippen MR) is 147 cm³/mol. The fraction of sp³-hybridized carbons (Fsp3) is 0.129. The van der Waals surface area contributed by atoms with Crippen LogP contribution in [0.15, 0.2) is 103 Å². The standard InChI is InChI=1S/C31H28N2O6/c1-37-29(34)24-15-18-27(30(35)38-2)28(19-24)33(21-23-9-5-3-6-10-23)31(36)32-20-22-13-16-26(17-14-22)39-25-11-7-4-8-12-25/h3-19H,20-21H2,1-2H3,(H,32,36). The van der Waals surface area contributed by atoms with Crippen LogP contribution in [0.1, 0.15) is 31.8 Å². The lowest BCUT2D eigenvalue weighted by Gasteiger charge is -2.26. The molecule has 0 aliphatic carbocycles. The number of carbonyl (C=O) groups excluding carboxylic acids is 3. The summed E-state index contributed by atoms with van der Waals surface area (Å²) >= 11 is 0. The van der Waals surface area contributed by atoms with Crippen LogP contribution < -0.4 is 15.0 Å². The molecule has 0 aliphatic rings. The fourth-order valence-corrected chi connectivity index (χ4v) is 3.89. The number of methoxy groups -OCH3 is 2. The molecular weight excluding hydrogens is 496 g/mol. The van der Waals surface area contributed by atoms with E-state index >= 15 is 0 Å². The number of ether oxygens (including phenoxy) is 3. The third-order valence-corrected chi connectivity index (χ3v) is 5.89. The summed E-state index contributed by atoms with van der Waals surface area (Å²) in [6.45, 7) is 0.366. The van der Waals surface area contributed by atoms with Gasteiger partial charge in [-0.15, -0.1) is 0 Å². The van der Waals surface area contributed by atoms with E-state index in [2.05, 4.69) is 5.32 Å². The number of nitrogens with zero attached hydrogens (tertiary/aromatic N) is 1. The Kier molecular flexibility index (Phi) is 8.92. The van der Waals surface area contributed by atoms with E-state index in [1.54, 1.807) is 0 Å². The van der Waals surface area contributed by atoms with Crippen molar-refractivity contribution in [1.29, 1.82) is 0 Å². The number of hydrogen-bond acceptors (Lipinski definition) is 6. The van der Waals surface area contributed by atoms with Gasteiger partial charge in [0.15, 0.2) is 0 Å². The first kappa shape index (κ1) is 26.9. The van der Waals surface area contributed by atoms with Crippen molar-refractivity contribution in [3.63, 3.8) is 0 Å². The van der Waals surface area contributed by atoms with Gasteiger partial charge in [0.25, 0.3) is 0 Å². The normalized spacial score (nSPS) is 10.3. The van der Waals surface area contributed by atoms with Gasteiger partial charge in [-0.1, -0.05) is 60.7 Å². The van der Waals surface area contributed by atoms with Gasteiger partial charge in [0.05, 0.1) is 37.6 Å². The van der Waals surface area contributed by atoms with Crippen LogP contribution in [0.5, 0.6) is 11.5 Å². The van der Waals surface area contributed by atoms with Crippen molar-refractivity contribution in [2.45, 2.75) is 13.1 Å². The molecule has 0 bridgehead atoms. The monoisotopic (exact) mass is 524 g/mol. The zero-order chi connectivity index (χ0) is 27.6. The lowest BCUT2D eigenvalue weighted by Crippen LogP contribution is -2.40. The van der Waals surface area contributed by atoms with Gasteiger partial charge in [0.2, 0.25) is 0 Å². The number of carbonyl (C=O) groups is 3. The van der Waals surface area contributed by atoms with E-state index in [-0.39, 0.29) is 29.9 Å². The molecule has 0 radical (unpaired) electrons. The quantitative estimate of drug-likeness (QED) is 0.271. The molecule has 0 aliphatic heterocycles. The van der Waals surface area contributed by atoms with Crippen molar-refractivity contribution in [1.82, 2.24) is 5.32 Å². The first-order valence-corrected chi connectivity index (χ1v) is 12.2. The van der Waals surface area contributed by atoms with Gasteiger partial charge in [-0.2, -0.15) is 0 Å². The second-order valence-corrected chi connectivity index (χ2v) is 8.50. The summed E-state index contributed by atoms with van der Waals surface area (Å²) in [4.78, 5) is 39.8. The average molecular weight is 525 g/mol. The molecule has 4 aromatic rings. The minimum atomic E-state index is -0.638. The second-order valence-electron chi connectivity index (χ2n) is 8.50. The summed E-state index contributed by atoms with van der Waals surface area (Å²) in [6.07, 6.45) is 0. The van der Waals surface area contributed by atoms with Crippen LogP contribution in [-0.4, -0.2) is 32.2 Å². The summed E-state index contributed by atoms with van der Waals surface area (Å²) in [6, 6.07) is 30.0. The number of para-hydroxylation sites is 1. The molecule has 0 spiro atoms. The first-order valence-electron chi connectivity index (χ1n) is 12.2. The van der Waals surface area contributed by atoms with Crippen LogP contribution in [-0.2, 0) is 22.6 Å². The third kappa shape index (κ3) is 7.01. The number of urea groups is 1. The molecule has 0 heterocycles. The Hall–Kier alpha value is -5.11. The molecule has 0 saturated carbocycles. The van der Waals surface area contributed by atoms with Crippen molar-refractivity contribution in [3.8, 4) is 11.5 Å². The Morgan fingerprint density at radius 1 is 0.692 bits per heavy atom. The van der Waals surface area contributed by atoms with E-state index in [1.165, 1.54) is 37.3 Å². The molecular formula is C31H28N2O6. The predicted octanol–water partition coefficient (Wildman–Crippen LogP) is 5.97. The largest absolute Gasteiger partial charge is 0.465 e. The summed E-state index contributed by atoms with van der Waals surface area (Å²) in [5.74, 6) is 0.168. The molecule has 8 heteroatoms. The Balaban J connectivity index is 1.58. The molecule has 0 aromatic heterocycles. The van der Waals surface area contributed by atoms with Crippen LogP contribution in [0, 0.1) is 0 Å². The Labute approximate surface area is 226 Å². The molecule has 0 saturated heterocycles. The van der Waals surface area contributed by atoms with E-state index in [9.17, 15) is 14.4 Å². The molecule has 0 atom stereocenters. The van der Waals surface area contributed by atoms with Gasteiger partial charge in [-0.3, -0.25) is 4.90 Å². The van der Waals surface area contributed by atoms with Crippen molar-refractivity contribution in [2.75, 3.05) is 19.1 Å². The Morgan fingerprint density at radius 2 is 1.31 bits per heavy atom. The van der Waals surface area contributed by atoms with Crippen molar-refractivity contribution in [2.24, 2.45) is 0 Å². The maximum atomic E-state index is 13.6. The maximum absolute atomic E-state index is 13.6. The molecule has 1 N–H and O–H groups in total. The SMILES string of the molecule is COC(=O)c1ccc(C(=O)OC)c(N(Cc2ccccc2)C(=O)NCc2ccc(Oc3ccccc3)cc2)c1. The van der Waals surface area contributed by atoms with Crippen LogP contribution in [0.3, 0.4) is 0 Å². The Bertz CT molecular complexity index is 1420. The number of benzene rings is 4. The molecule has 198 valence electrons. The van der Waals surface area contributed by atoms with Gasteiger partial charge in [0, 0.05) is 6.54 Å². The number of hydrogen-bond donors (Lipinski definition) is 1. The third-order valence-electron chi connectivity index (χ3n) is 5.89.